The smallest absolute Gasteiger partial charge is 0.148 e. The summed E-state index contributed by atoms with van der Waals surface area (Å²) >= 11 is 0. The first kappa shape index (κ1) is 14.5. The number of nitrogens with zero attached hydrogens (tertiary/aromatic N) is 2. The van der Waals surface area contributed by atoms with Crippen LogP contribution in [0.5, 0.6) is 11.5 Å². The summed E-state index contributed by atoms with van der Waals surface area (Å²) in [5.41, 5.74) is 1.92. The number of hydrogen-bond acceptors (Lipinski definition) is 4. The van der Waals surface area contributed by atoms with Crippen LogP contribution in [0.25, 0.3) is 0 Å². The van der Waals surface area contributed by atoms with Crippen molar-refractivity contribution < 1.29 is 4.74 Å². The SMILES string of the molecule is CCNC(CC)c1ccc(Oc2cccnc2C)cn1. The quantitative estimate of drug-likeness (QED) is 0.871. The van der Waals surface area contributed by atoms with E-state index >= 15 is 0 Å². The van der Waals surface area contributed by atoms with Gasteiger partial charge < -0.3 is 10.1 Å². The summed E-state index contributed by atoms with van der Waals surface area (Å²) in [4.78, 5) is 8.69. The largest absolute Gasteiger partial charge is 0.454 e. The fraction of sp³-hybridized carbons (Fsp3) is 0.375. The summed E-state index contributed by atoms with van der Waals surface area (Å²) in [6.45, 7) is 7.12. The molecule has 106 valence electrons. The molecule has 4 nitrogen and oxygen atoms in total. The lowest BCUT2D eigenvalue weighted by atomic mass is 10.1. The van der Waals surface area contributed by atoms with Gasteiger partial charge in [-0.25, -0.2) is 0 Å². The third kappa shape index (κ3) is 3.54. The van der Waals surface area contributed by atoms with E-state index in [1.165, 1.54) is 0 Å². The topological polar surface area (TPSA) is 47.0 Å². The molecule has 1 atom stereocenters. The lowest BCUT2D eigenvalue weighted by Crippen LogP contribution is -2.20. The molecule has 0 spiro atoms. The fourth-order valence-electron chi connectivity index (χ4n) is 2.07. The van der Waals surface area contributed by atoms with Crippen molar-refractivity contribution in [2.75, 3.05) is 6.54 Å². The van der Waals surface area contributed by atoms with Crippen LogP contribution >= 0.6 is 0 Å². The van der Waals surface area contributed by atoms with Crippen LogP contribution in [0.15, 0.2) is 36.7 Å². The molecule has 2 aromatic heterocycles. The molecule has 0 saturated carbocycles. The minimum atomic E-state index is 0.300. The molecule has 0 aliphatic rings. The molecule has 0 amide bonds. The van der Waals surface area contributed by atoms with Crippen LogP contribution in [0.3, 0.4) is 0 Å². The first-order chi connectivity index (χ1) is 9.74. The summed E-state index contributed by atoms with van der Waals surface area (Å²) in [5, 5.41) is 3.41. The Morgan fingerprint density at radius 1 is 1.20 bits per heavy atom. The highest BCUT2D eigenvalue weighted by molar-refractivity contribution is 5.32. The van der Waals surface area contributed by atoms with Gasteiger partial charge in [0.1, 0.15) is 11.5 Å². The van der Waals surface area contributed by atoms with E-state index in [1.54, 1.807) is 12.4 Å². The van der Waals surface area contributed by atoms with Crippen molar-refractivity contribution in [3.8, 4) is 11.5 Å². The minimum absolute atomic E-state index is 0.300. The molecule has 0 aromatic carbocycles. The van der Waals surface area contributed by atoms with Crippen molar-refractivity contribution >= 4 is 0 Å². The predicted octanol–water partition coefficient (Wildman–Crippen LogP) is 3.64. The molecule has 1 unspecified atom stereocenters. The van der Waals surface area contributed by atoms with Crippen molar-refractivity contribution in [3.63, 3.8) is 0 Å². The minimum Gasteiger partial charge on any atom is -0.454 e. The van der Waals surface area contributed by atoms with Crippen LogP contribution in [0.1, 0.15) is 37.7 Å². The molecular weight excluding hydrogens is 250 g/mol. The van der Waals surface area contributed by atoms with Gasteiger partial charge in [0.05, 0.1) is 17.6 Å². The van der Waals surface area contributed by atoms with Gasteiger partial charge in [-0.05, 0) is 44.2 Å². The van der Waals surface area contributed by atoms with E-state index in [0.717, 1.165) is 35.9 Å². The van der Waals surface area contributed by atoms with Gasteiger partial charge in [0.2, 0.25) is 0 Å². The summed E-state index contributed by atoms with van der Waals surface area (Å²) in [5.74, 6) is 1.50. The summed E-state index contributed by atoms with van der Waals surface area (Å²) in [6.07, 6.45) is 4.54. The number of rotatable bonds is 6. The maximum Gasteiger partial charge on any atom is 0.148 e. The predicted molar refractivity (Wildman–Crippen MR) is 80.0 cm³/mol. The van der Waals surface area contributed by atoms with Gasteiger partial charge in [-0.2, -0.15) is 0 Å². The molecular formula is C16H21N3O. The van der Waals surface area contributed by atoms with Gasteiger partial charge in [0, 0.05) is 12.2 Å². The van der Waals surface area contributed by atoms with Crippen molar-refractivity contribution in [1.29, 1.82) is 0 Å². The van der Waals surface area contributed by atoms with Gasteiger partial charge >= 0.3 is 0 Å². The van der Waals surface area contributed by atoms with E-state index in [2.05, 4.69) is 29.1 Å². The van der Waals surface area contributed by atoms with E-state index in [9.17, 15) is 0 Å². The molecule has 1 N–H and O–H groups in total. The number of aryl methyl sites for hydroxylation is 1. The standard InChI is InChI=1S/C16H21N3O/c1-4-14(17-5-2)15-9-8-13(11-19-15)20-16-7-6-10-18-12(16)3/h6-11,14,17H,4-5H2,1-3H3. The number of aromatic nitrogens is 2. The van der Waals surface area contributed by atoms with Crippen molar-refractivity contribution in [2.24, 2.45) is 0 Å². The fourth-order valence-corrected chi connectivity index (χ4v) is 2.07. The molecule has 2 heterocycles. The molecule has 0 bridgehead atoms. The second kappa shape index (κ2) is 7.01. The number of nitrogens with one attached hydrogen (secondary N) is 1. The molecule has 0 radical (unpaired) electrons. The second-order valence-electron chi connectivity index (χ2n) is 4.63. The summed E-state index contributed by atoms with van der Waals surface area (Å²) in [7, 11) is 0. The van der Waals surface area contributed by atoms with E-state index in [0.29, 0.717) is 6.04 Å². The Morgan fingerprint density at radius 2 is 2.05 bits per heavy atom. The van der Waals surface area contributed by atoms with Crippen LogP contribution in [0, 0.1) is 6.92 Å². The van der Waals surface area contributed by atoms with Crippen LogP contribution in [-0.2, 0) is 0 Å². The van der Waals surface area contributed by atoms with Crippen LogP contribution in [0.4, 0.5) is 0 Å². The highest BCUT2D eigenvalue weighted by atomic mass is 16.5. The van der Waals surface area contributed by atoms with Gasteiger partial charge in [0.15, 0.2) is 0 Å². The van der Waals surface area contributed by atoms with Gasteiger partial charge in [0.25, 0.3) is 0 Å². The van der Waals surface area contributed by atoms with E-state index in [-0.39, 0.29) is 0 Å². The molecule has 2 aromatic rings. The highest BCUT2D eigenvalue weighted by Crippen LogP contribution is 2.24. The molecule has 0 saturated heterocycles. The molecule has 20 heavy (non-hydrogen) atoms. The Morgan fingerprint density at radius 3 is 2.65 bits per heavy atom. The lowest BCUT2D eigenvalue weighted by molar-refractivity contribution is 0.469. The Balaban J connectivity index is 2.10. The Labute approximate surface area is 120 Å². The third-order valence-electron chi connectivity index (χ3n) is 3.16. The second-order valence-corrected chi connectivity index (χ2v) is 4.63. The molecule has 2 rings (SSSR count). The molecule has 4 heteroatoms. The van der Waals surface area contributed by atoms with Gasteiger partial charge in [-0.3, -0.25) is 9.97 Å². The summed E-state index contributed by atoms with van der Waals surface area (Å²) in [6, 6.07) is 8.04. The first-order valence-corrected chi connectivity index (χ1v) is 7.03. The monoisotopic (exact) mass is 271 g/mol. The van der Waals surface area contributed by atoms with Gasteiger partial charge in [-0.1, -0.05) is 13.8 Å². The van der Waals surface area contributed by atoms with Crippen LogP contribution in [-0.4, -0.2) is 16.5 Å². The third-order valence-corrected chi connectivity index (χ3v) is 3.16. The van der Waals surface area contributed by atoms with E-state index in [4.69, 9.17) is 4.74 Å². The zero-order valence-electron chi connectivity index (χ0n) is 12.3. The first-order valence-electron chi connectivity index (χ1n) is 7.03. The molecule has 0 aliphatic carbocycles. The average molecular weight is 271 g/mol. The van der Waals surface area contributed by atoms with Crippen molar-refractivity contribution in [2.45, 2.75) is 33.2 Å². The van der Waals surface area contributed by atoms with Crippen molar-refractivity contribution in [3.05, 3.63) is 48.0 Å². The number of pyridine rings is 2. The normalized spacial score (nSPS) is 12.2. The maximum absolute atomic E-state index is 5.79. The zero-order chi connectivity index (χ0) is 14.4. The van der Waals surface area contributed by atoms with Gasteiger partial charge in [-0.15, -0.1) is 0 Å². The number of ether oxygens (including phenoxy) is 1. The highest BCUT2D eigenvalue weighted by Gasteiger charge is 2.09. The maximum atomic E-state index is 5.79. The molecule has 0 fully saturated rings. The van der Waals surface area contributed by atoms with Crippen LogP contribution in [0.2, 0.25) is 0 Å². The van der Waals surface area contributed by atoms with E-state index < -0.39 is 0 Å². The van der Waals surface area contributed by atoms with Crippen molar-refractivity contribution in [1.82, 2.24) is 15.3 Å². The number of hydrogen-bond donors (Lipinski definition) is 1. The lowest BCUT2D eigenvalue weighted by Gasteiger charge is -2.15. The average Bonchev–Trinajstić information content (AvgIpc) is 2.48. The van der Waals surface area contributed by atoms with E-state index in [1.807, 2.05) is 31.2 Å². The Hall–Kier alpha value is -1.94. The Bertz CT molecular complexity index is 540. The Kier molecular flexibility index (Phi) is 5.07. The molecule has 0 aliphatic heterocycles. The summed E-state index contributed by atoms with van der Waals surface area (Å²) < 4.78 is 5.79. The zero-order valence-corrected chi connectivity index (χ0v) is 12.3. The van der Waals surface area contributed by atoms with Crippen LogP contribution < -0.4 is 10.1 Å².